The molecule has 0 spiro atoms. The molecule has 14 nitrogen and oxygen atoms in total. The van der Waals surface area contributed by atoms with Crippen LogP contribution < -0.4 is 28.9 Å². The summed E-state index contributed by atoms with van der Waals surface area (Å²) in [6, 6.07) is -0.940. The Morgan fingerprint density at radius 2 is 1.51 bits per heavy atom. The lowest BCUT2D eigenvalue weighted by Gasteiger charge is -2.48. The van der Waals surface area contributed by atoms with Gasteiger partial charge >= 0.3 is 0 Å². The molecule has 0 aromatic heterocycles. The van der Waals surface area contributed by atoms with E-state index in [0.29, 0.717) is 6.61 Å². The highest BCUT2D eigenvalue weighted by Gasteiger charge is 2.52. The van der Waals surface area contributed by atoms with Gasteiger partial charge in [0.15, 0.2) is 12.6 Å². The summed E-state index contributed by atoms with van der Waals surface area (Å²) in [5.41, 5.74) is 5.60. The molecule has 2 saturated heterocycles. The second-order valence-corrected chi connectivity index (χ2v) is 9.74. The standard InChI is InChI=1S/C24H45N3O11.ClH/c1-3-4-5-6-7-8-9-34-23-17(27-13(2)30)22(35-12-16(25)26)21(15(11-29)37-23)38-24-20(33)19(32)18(31)14(10-28)36-24;/h14-15,17-24,28-29,31-33H,3-12H2,1-2H3,(H3,25,26)(H,27,30);1H/t14-,15-,17-,18+,19+,20-,21-,22-,23-,24+;/m1./s1. The van der Waals surface area contributed by atoms with Crippen molar-refractivity contribution in [3.63, 3.8) is 0 Å². The van der Waals surface area contributed by atoms with Crippen molar-refractivity contribution in [1.29, 1.82) is 0 Å². The third kappa shape index (κ3) is 10.6. The average molecular weight is 588 g/mol. The third-order valence-electron chi connectivity index (χ3n) is 6.56. The van der Waals surface area contributed by atoms with Crippen LogP contribution in [-0.4, -0.2) is 125 Å². The highest BCUT2D eigenvalue weighted by atomic mass is 35.5. The van der Waals surface area contributed by atoms with Crippen LogP contribution >= 0.6 is 0 Å². The Morgan fingerprint density at radius 3 is 2.10 bits per heavy atom. The molecule has 15 heteroatoms. The molecule has 10 atom stereocenters. The van der Waals surface area contributed by atoms with E-state index in [0.717, 1.165) is 32.1 Å². The maximum atomic E-state index is 12.1. The fourth-order valence-electron chi connectivity index (χ4n) is 4.55. The number of amides is 1. The Bertz CT molecular complexity index is 723. The van der Waals surface area contributed by atoms with Gasteiger partial charge in [-0.2, -0.15) is 0 Å². The molecule has 0 unspecified atom stereocenters. The minimum absolute atomic E-state index is 0. The van der Waals surface area contributed by atoms with Gasteiger partial charge in [-0.25, -0.2) is 0 Å². The van der Waals surface area contributed by atoms with E-state index in [1.165, 1.54) is 13.3 Å². The van der Waals surface area contributed by atoms with Crippen LogP contribution in [0.1, 0.15) is 52.4 Å². The van der Waals surface area contributed by atoms with Crippen LogP contribution in [0.4, 0.5) is 0 Å². The number of nitrogens with two attached hydrogens (primary N) is 2. The first-order valence-electron chi connectivity index (χ1n) is 13.2. The van der Waals surface area contributed by atoms with Crippen LogP contribution in [0.5, 0.6) is 0 Å². The van der Waals surface area contributed by atoms with E-state index in [4.69, 9.17) is 34.8 Å². The molecule has 0 aromatic carbocycles. The Labute approximate surface area is 235 Å². The largest absolute Gasteiger partial charge is 1.00 e. The lowest BCUT2D eigenvalue weighted by atomic mass is 9.95. The van der Waals surface area contributed by atoms with Crippen molar-refractivity contribution in [2.45, 2.75) is 114 Å². The van der Waals surface area contributed by atoms with Gasteiger partial charge in [-0.1, -0.05) is 39.0 Å². The molecule has 0 bridgehead atoms. The molecule has 2 rings (SSSR count). The van der Waals surface area contributed by atoms with Crippen molar-refractivity contribution in [3.05, 3.63) is 0 Å². The average Bonchev–Trinajstić information content (AvgIpc) is 2.88. The molecule has 2 aliphatic heterocycles. The zero-order chi connectivity index (χ0) is 28.2. The predicted octanol–water partition coefficient (Wildman–Crippen LogP) is -6.72. The molecule has 39 heavy (non-hydrogen) atoms. The molecule has 0 aromatic rings. The Morgan fingerprint density at radius 1 is 0.897 bits per heavy atom. The minimum Gasteiger partial charge on any atom is -1.00 e. The number of carbonyl (C=O) groups excluding carboxylic acids is 1. The monoisotopic (exact) mass is 587 g/mol. The number of nitrogens with one attached hydrogen (secondary N) is 1. The summed E-state index contributed by atoms with van der Waals surface area (Å²) < 4.78 is 29.2. The zero-order valence-corrected chi connectivity index (χ0v) is 23.3. The summed E-state index contributed by atoms with van der Waals surface area (Å²) in [5, 5.41) is 58.7. The molecular weight excluding hydrogens is 542 g/mol. The minimum atomic E-state index is -1.71. The summed E-state index contributed by atoms with van der Waals surface area (Å²) in [7, 11) is 0. The molecule has 2 aliphatic rings. The van der Waals surface area contributed by atoms with Crippen LogP contribution in [0, 0.1) is 0 Å². The van der Waals surface area contributed by atoms with Crippen LogP contribution in [0.2, 0.25) is 0 Å². The summed E-state index contributed by atoms with van der Waals surface area (Å²) in [6.45, 7) is 2.33. The number of unbranched alkanes of at least 4 members (excludes halogenated alkanes) is 5. The van der Waals surface area contributed by atoms with E-state index in [1.54, 1.807) is 0 Å². The molecular formula is C24H46ClN3O11. The lowest BCUT2D eigenvalue weighted by molar-refractivity contribution is -0.350. The van der Waals surface area contributed by atoms with E-state index in [-0.39, 0.29) is 24.8 Å². The van der Waals surface area contributed by atoms with Crippen molar-refractivity contribution in [1.82, 2.24) is 5.32 Å². The fourth-order valence-corrected chi connectivity index (χ4v) is 4.55. The smallest absolute Gasteiger partial charge is 0.264 e. The number of hydrogen-bond donors (Lipinski definition) is 8. The predicted molar refractivity (Wildman–Crippen MR) is 132 cm³/mol. The molecule has 0 saturated carbocycles. The molecule has 2 fully saturated rings. The maximum absolute atomic E-state index is 12.1. The Kier molecular flexibility index (Phi) is 16.8. The van der Waals surface area contributed by atoms with Gasteiger partial charge in [0.25, 0.3) is 5.84 Å². The van der Waals surface area contributed by atoms with E-state index < -0.39 is 80.5 Å². The van der Waals surface area contributed by atoms with Crippen molar-refractivity contribution in [2.24, 2.45) is 5.73 Å². The maximum Gasteiger partial charge on any atom is 0.264 e. The first-order valence-corrected chi connectivity index (χ1v) is 13.2. The molecule has 2 heterocycles. The summed E-state index contributed by atoms with van der Waals surface area (Å²) in [4.78, 5) is 12.1. The van der Waals surface area contributed by atoms with Crippen molar-refractivity contribution >= 4 is 11.7 Å². The summed E-state index contributed by atoms with van der Waals surface area (Å²) in [6.07, 6.45) is -5.84. The van der Waals surface area contributed by atoms with Gasteiger partial charge in [0.1, 0.15) is 55.4 Å². The van der Waals surface area contributed by atoms with E-state index in [1.807, 2.05) is 0 Å². The van der Waals surface area contributed by atoms with Gasteiger partial charge in [-0.3, -0.25) is 15.9 Å². The van der Waals surface area contributed by atoms with Crippen molar-refractivity contribution in [2.75, 3.05) is 26.4 Å². The lowest BCUT2D eigenvalue weighted by Crippen LogP contribution is -3.00. The first kappa shape index (κ1) is 35.9. The van der Waals surface area contributed by atoms with E-state index >= 15 is 0 Å². The van der Waals surface area contributed by atoms with Crippen molar-refractivity contribution < 1.29 is 71.8 Å². The van der Waals surface area contributed by atoms with E-state index in [2.05, 4.69) is 12.2 Å². The van der Waals surface area contributed by atoms with Gasteiger partial charge in [0.05, 0.1) is 13.2 Å². The van der Waals surface area contributed by atoms with Crippen LogP contribution in [-0.2, 0) is 28.5 Å². The van der Waals surface area contributed by atoms with Crippen LogP contribution in [0.25, 0.3) is 0 Å². The second-order valence-electron chi connectivity index (χ2n) is 9.74. The number of aliphatic hydroxyl groups excluding tert-OH is 5. The highest BCUT2D eigenvalue weighted by molar-refractivity contribution is 5.75. The van der Waals surface area contributed by atoms with Crippen LogP contribution in [0.15, 0.2) is 0 Å². The molecule has 230 valence electrons. The normalized spacial score (nSPS) is 34.7. The summed E-state index contributed by atoms with van der Waals surface area (Å²) >= 11 is 0. The molecule has 0 radical (unpaired) electrons. The van der Waals surface area contributed by atoms with Gasteiger partial charge in [-0.05, 0) is 6.42 Å². The van der Waals surface area contributed by atoms with Gasteiger partial charge in [0.2, 0.25) is 5.91 Å². The quantitative estimate of drug-likeness (QED) is 0.0479. The van der Waals surface area contributed by atoms with Gasteiger partial charge < -0.3 is 66.9 Å². The first-order chi connectivity index (χ1) is 18.1. The zero-order valence-electron chi connectivity index (χ0n) is 22.6. The summed E-state index contributed by atoms with van der Waals surface area (Å²) in [5.74, 6) is -0.478. The van der Waals surface area contributed by atoms with Crippen molar-refractivity contribution in [3.8, 4) is 0 Å². The SMILES string of the molecule is CCCCCCCCO[C@@H]1O[C@H](CO)[C@@H](O[C@@H]2O[C@H](CO)[C@H](O)[C@H](O)[C@H]2O)[C@H](OCC(N)=[NH2+])[C@H]1NC(C)=O.[Cl-]. The topological polar surface area (TPSA) is 228 Å². The van der Waals surface area contributed by atoms with Gasteiger partial charge in [0, 0.05) is 13.5 Å². The molecule has 0 aliphatic carbocycles. The number of amidine groups is 1. The number of rotatable bonds is 16. The number of aliphatic hydroxyl groups is 5. The highest BCUT2D eigenvalue weighted by Crippen LogP contribution is 2.31. The van der Waals surface area contributed by atoms with E-state index in [9.17, 15) is 30.3 Å². The number of carbonyl (C=O) groups is 1. The Balaban J connectivity index is 0.00000760. The van der Waals surface area contributed by atoms with Gasteiger partial charge in [-0.15, -0.1) is 0 Å². The number of halogens is 1. The third-order valence-corrected chi connectivity index (χ3v) is 6.56. The number of ether oxygens (including phenoxy) is 5. The molecule has 10 N–H and O–H groups in total. The number of hydrogen-bond acceptors (Lipinski definition) is 11. The van der Waals surface area contributed by atoms with Crippen LogP contribution in [0.3, 0.4) is 0 Å². The molecule has 1 amide bonds. The second kappa shape index (κ2) is 18.3. The fraction of sp³-hybridized carbons (Fsp3) is 0.917. The Hall–Kier alpha value is -1.17.